The zero-order chi connectivity index (χ0) is 14.7. The molecule has 1 saturated heterocycles. The molecule has 1 N–H and O–H groups in total. The largest absolute Gasteiger partial charge is 0.350 e. The molecule has 5 nitrogen and oxygen atoms in total. The first-order chi connectivity index (χ1) is 10.3. The second-order valence-electron chi connectivity index (χ2n) is 5.35. The predicted molar refractivity (Wildman–Crippen MR) is 84.7 cm³/mol. The maximum Gasteiger partial charge on any atom is 0.272 e. The highest BCUT2D eigenvalue weighted by Crippen LogP contribution is 2.36. The number of hydrogen-bond acceptors (Lipinski definition) is 6. The Morgan fingerprint density at radius 3 is 3.19 bits per heavy atom. The number of amides is 1. The van der Waals surface area contributed by atoms with Crippen LogP contribution in [0.5, 0.6) is 0 Å². The SMILES string of the molecule is CN1CCC[C@@H](CNC(=O)c2cnsn2)[C@H]1c1cccs1. The molecule has 21 heavy (non-hydrogen) atoms. The van der Waals surface area contributed by atoms with E-state index in [2.05, 4.69) is 43.5 Å². The topological polar surface area (TPSA) is 58.1 Å². The Hall–Kier alpha value is -1.31. The molecule has 0 radical (unpaired) electrons. The van der Waals surface area contributed by atoms with Crippen LogP contribution >= 0.6 is 23.1 Å². The van der Waals surface area contributed by atoms with Crippen molar-refractivity contribution in [1.29, 1.82) is 0 Å². The molecular formula is C14H18N4OS2. The smallest absolute Gasteiger partial charge is 0.272 e. The summed E-state index contributed by atoms with van der Waals surface area (Å²) < 4.78 is 7.84. The molecule has 0 aliphatic carbocycles. The number of rotatable bonds is 4. The summed E-state index contributed by atoms with van der Waals surface area (Å²) in [4.78, 5) is 15.8. The molecule has 1 aliphatic rings. The molecule has 112 valence electrons. The minimum atomic E-state index is -0.123. The third-order valence-corrected chi connectivity index (χ3v) is 5.38. The molecule has 3 rings (SSSR count). The van der Waals surface area contributed by atoms with Gasteiger partial charge in [0, 0.05) is 17.5 Å². The third-order valence-electron chi connectivity index (χ3n) is 3.96. The van der Waals surface area contributed by atoms with Gasteiger partial charge in [0.15, 0.2) is 5.69 Å². The van der Waals surface area contributed by atoms with Crippen LogP contribution in [0.2, 0.25) is 0 Å². The van der Waals surface area contributed by atoms with Gasteiger partial charge in [0.25, 0.3) is 5.91 Å². The highest BCUT2D eigenvalue weighted by atomic mass is 32.1. The average molecular weight is 322 g/mol. The Bertz CT molecular complexity index is 570. The number of carbonyl (C=O) groups is 1. The van der Waals surface area contributed by atoms with Crippen LogP contribution in [0.4, 0.5) is 0 Å². The molecular weight excluding hydrogens is 304 g/mol. The van der Waals surface area contributed by atoms with Gasteiger partial charge in [-0.25, -0.2) is 0 Å². The van der Waals surface area contributed by atoms with Crippen LogP contribution in [0, 0.1) is 5.92 Å². The van der Waals surface area contributed by atoms with Crippen LogP contribution in [0.25, 0.3) is 0 Å². The normalized spacial score (nSPS) is 23.1. The molecule has 3 heterocycles. The second-order valence-corrected chi connectivity index (χ2v) is 6.88. The van der Waals surface area contributed by atoms with Gasteiger partial charge in [-0.1, -0.05) is 6.07 Å². The Morgan fingerprint density at radius 1 is 1.57 bits per heavy atom. The van der Waals surface area contributed by atoms with E-state index in [0.29, 0.717) is 24.2 Å². The number of carbonyl (C=O) groups excluding carboxylic acids is 1. The zero-order valence-electron chi connectivity index (χ0n) is 11.9. The van der Waals surface area contributed by atoms with E-state index in [1.165, 1.54) is 17.5 Å². The lowest BCUT2D eigenvalue weighted by Gasteiger charge is -2.38. The molecule has 1 fully saturated rings. The maximum atomic E-state index is 12.0. The van der Waals surface area contributed by atoms with Crippen LogP contribution < -0.4 is 5.32 Å². The van der Waals surface area contributed by atoms with Gasteiger partial charge in [0.05, 0.1) is 17.9 Å². The highest BCUT2D eigenvalue weighted by molar-refractivity contribution is 7.10. The van der Waals surface area contributed by atoms with Crippen LogP contribution in [-0.2, 0) is 0 Å². The van der Waals surface area contributed by atoms with Gasteiger partial charge in [-0.05, 0) is 43.8 Å². The lowest BCUT2D eigenvalue weighted by atomic mass is 9.88. The molecule has 0 aromatic carbocycles. The van der Waals surface area contributed by atoms with Crippen LogP contribution in [0.3, 0.4) is 0 Å². The van der Waals surface area contributed by atoms with Crippen molar-refractivity contribution >= 4 is 29.0 Å². The van der Waals surface area contributed by atoms with Crippen molar-refractivity contribution < 1.29 is 4.79 Å². The van der Waals surface area contributed by atoms with Crippen LogP contribution in [0.15, 0.2) is 23.7 Å². The summed E-state index contributed by atoms with van der Waals surface area (Å²) in [5.41, 5.74) is 0.414. The van der Waals surface area contributed by atoms with E-state index in [4.69, 9.17) is 0 Å². The fourth-order valence-electron chi connectivity index (χ4n) is 2.96. The number of piperidine rings is 1. The summed E-state index contributed by atoms with van der Waals surface area (Å²) in [5.74, 6) is 0.319. The number of thiophene rings is 1. The van der Waals surface area contributed by atoms with Crippen molar-refractivity contribution in [2.24, 2.45) is 5.92 Å². The van der Waals surface area contributed by atoms with E-state index in [1.54, 1.807) is 11.3 Å². The maximum absolute atomic E-state index is 12.0. The lowest BCUT2D eigenvalue weighted by Crippen LogP contribution is -2.41. The van der Waals surface area contributed by atoms with Crippen molar-refractivity contribution in [1.82, 2.24) is 19.0 Å². The molecule has 0 saturated carbocycles. The summed E-state index contributed by atoms with van der Waals surface area (Å²) in [6.07, 6.45) is 3.84. The van der Waals surface area contributed by atoms with Gasteiger partial charge in [0.2, 0.25) is 0 Å². The van der Waals surface area contributed by atoms with Crippen LogP contribution in [-0.4, -0.2) is 39.7 Å². The fourth-order valence-corrected chi connectivity index (χ4v) is 4.36. The van der Waals surface area contributed by atoms with E-state index in [1.807, 2.05) is 0 Å². The summed E-state index contributed by atoms with van der Waals surface area (Å²) in [6, 6.07) is 4.68. The monoisotopic (exact) mass is 322 g/mol. The van der Waals surface area contributed by atoms with Crippen molar-refractivity contribution in [3.8, 4) is 0 Å². The van der Waals surface area contributed by atoms with E-state index < -0.39 is 0 Å². The second kappa shape index (κ2) is 6.64. The van der Waals surface area contributed by atoms with Gasteiger partial charge in [-0.3, -0.25) is 9.69 Å². The van der Waals surface area contributed by atoms with Gasteiger partial charge < -0.3 is 5.32 Å². The summed E-state index contributed by atoms with van der Waals surface area (Å²) in [5, 5.41) is 5.13. The van der Waals surface area contributed by atoms with E-state index in [-0.39, 0.29) is 5.91 Å². The molecule has 1 amide bonds. The molecule has 2 aromatic heterocycles. The van der Waals surface area contributed by atoms with Gasteiger partial charge in [-0.2, -0.15) is 8.75 Å². The molecule has 2 aromatic rings. The zero-order valence-corrected chi connectivity index (χ0v) is 13.5. The minimum Gasteiger partial charge on any atom is -0.350 e. The summed E-state index contributed by atoms with van der Waals surface area (Å²) in [7, 11) is 2.17. The van der Waals surface area contributed by atoms with E-state index >= 15 is 0 Å². The Balaban J connectivity index is 1.66. The van der Waals surface area contributed by atoms with E-state index in [9.17, 15) is 4.79 Å². The Morgan fingerprint density at radius 2 is 2.48 bits per heavy atom. The molecule has 2 atom stereocenters. The van der Waals surface area contributed by atoms with E-state index in [0.717, 1.165) is 24.7 Å². The summed E-state index contributed by atoms with van der Waals surface area (Å²) >= 11 is 2.85. The molecule has 1 aliphatic heterocycles. The molecule has 0 unspecified atom stereocenters. The lowest BCUT2D eigenvalue weighted by molar-refractivity contribution is 0.0891. The van der Waals surface area contributed by atoms with Gasteiger partial charge in [-0.15, -0.1) is 11.3 Å². The van der Waals surface area contributed by atoms with Crippen molar-refractivity contribution in [2.45, 2.75) is 18.9 Å². The molecule has 7 heteroatoms. The first-order valence-corrected chi connectivity index (χ1v) is 8.66. The average Bonchev–Trinajstić information content (AvgIpc) is 3.17. The summed E-state index contributed by atoms with van der Waals surface area (Å²) in [6.45, 7) is 1.80. The van der Waals surface area contributed by atoms with Gasteiger partial charge in [0.1, 0.15) is 0 Å². The molecule has 0 bridgehead atoms. The fraction of sp³-hybridized carbons (Fsp3) is 0.500. The Labute approximate surface area is 132 Å². The number of nitrogens with one attached hydrogen (secondary N) is 1. The van der Waals surface area contributed by atoms with Crippen molar-refractivity contribution in [2.75, 3.05) is 20.1 Å². The third kappa shape index (κ3) is 3.30. The first kappa shape index (κ1) is 14.6. The molecule has 0 spiro atoms. The number of hydrogen-bond donors (Lipinski definition) is 1. The van der Waals surface area contributed by atoms with Gasteiger partial charge >= 0.3 is 0 Å². The Kier molecular flexibility index (Phi) is 4.62. The number of nitrogens with zero attached hydrogens (tertiary/aromatic N) is 3. The quantitative estimate of drug-likeness (QED) is 0.939. The number of likely N-dealkylation sites (tertiary alicyclic amines) is 1. The first-order valence-electron chi connectivity index (χ1n) is 7.05. The predicted octanol–water partition coefficient (Wildman–Crippen LogP) is 2.41. The van der Waals surface area contributed by atoms with Crippen LogP contribution in [0.1, 0.15) is 34.2 Å². The van der Waals surface area contributed by atoms with Crippen molar-refractivity contribution in [3.05, 3.63) is 34.3 Å². The highest BCUT2D eigenvalue weighted by Gasteiger charge is 2.31. The number of aromatic nitrogens is 2. The minimum absolute atomic E-state index is 0.123. The standard InChI is InChI=1S/C14H18N4OS2/c1-18-6-2-4-10(13(18)12-5-3-7-20-12)8-15-14(19)11-9-16-21-17-11/h3,5,7,9-10,13H,2,4,6,8H2,1H3,(H,15,19)/t10-,13-/m0/s1. The van der Waals surface area contributed by atoms with Crippen molar-refractivity contribution in [3.63, 3.8) is 0 Å².